The normalized spacial score (nSPS) is 10.8. The first-order valence-corrected chi connectivity index (χ1v) is 6.99. The summed E-state index contributed by atoms with van der Waals surface area (Å²) in [6.45, 7) is -2.99. The minimum Gasteiger partial charge on any atom is -0.506 e. The van der Waals surface area contributed by atoms with Gasteiger partial charge in [-0.15, -0.1) is 5.10 Å². The van der Waals surface area contributed by atoms with Crippen LogP contribution in [0.5, 0.6) is 11.5 Å². The highest BCUT2D eigenvalue weighted by Gasteiger charge is 2.16. The predicted molar refractivity (Wildman–Crippen MR) is 82.1 cm³/mol. The lowest BCUT2D eigenvalue weighted by Gasteiger charge is -2.08. The Kier molecular flexibility index (Phi) is 4.29. The third kappa shape index (κ3) is 3.39. The smallest absolute Gasteiger partial charge is 0.387 e. The number of carboxylic acids is 1. The van der Waals surface area contributed by atoms with Gasteiger partial charge >= 0.3 is 12.6 Å². The van der Waals surface area contributed by atoms with Crippen molar-refractivity contribution in [2.75, 3.05) is 0 Å². The molecule has 25 heavy (non-hydrogen) atoms. The number of para-hydroxylation sites is 1. The summed E-state index contributed by atoms with van der Waals surface area (Å²) >= 11 is 0. The van der Waals surface area contributed by atoms with Crippen LogP contribution in [-0.4, -0.2) is 37.8 Å². The molecule has 0 radical (unpaired) electrons. The molecule has 0 fully saturated rings. The highest BCUT2D eigenvalue weighted by Crippen LogP contribution is 2.30. The summed E-state index contributed by atoms with van der Waals surface area (Å²) < 4.78 is 30.6. The Bertz CT molecular complexity index is 927. The van der Waals surface area contributed by atoms with Crippen molar-refractivity contribution in [2.24, 2.45) is 0 Å². The Morgan fingerprint density at radius 3 is 2.68 bits per heavy atom. The first kappa shape index (κ1) is 16.4. The van der Waals surface area contributed by atoms with Gasteiger partial charge in [0.2, 0.25) is 0 Å². The number of carbonyl (C=O) groups is 1. The van der Waals surface area contributed by atoms with Gasteiger partial charge < -0.3 is 14.9 Å². The molecule has 7 nitrogen and oxygen atoms in total. The number of phenols is 1. The highest BCUT2D eigenvalue weighted by atomic mass is 19.3. The minimum atomic E-state index is -2.99. The van der Waals surface area contributed by atoms with E-state index in [2.05, 4.69) is 15.0 Å². The second-order valence-corrected chi connectivity index (χ2v) is 4.93. The first-order valence-electron chi connectivity index (χ1n) is 6.99. The van der Waals surface area contributed by atoms with E-state index in [1.165, 1.54) is 42.6 Å². The molecule has 3 rings (SSSR count). The summed E-state index contributed by atoms with van der Waals surface area (Å²) in [7, 11) is 0. The van der Waals surface area contributed by atoms with Crippen molar-refractivity contribution in [3.05, 3.63) is 54.2 Å². The summed E-state index contributed by atoms with van der Waals surface area (Å²) in [4.78, 5) is 11.1. The van der Waals surface area contributed by atoms with Crippen molar-refractivity contribution in [3.63, 3.8) is 0 Å². The van der Waals surface area contributed by atoms with Crippen LogP contribution in [0.15, 0.2) is 48.7 Å². The molecule has 0 aliphatic carbocycles. The van der Waals surface area contributed by atoms with Gasteiger partial charge in [-0.3, -0.25) is 0 Å². The van der Waals surface area contributed by atoms with Crippen LogP contribution < -0.4 is 4.74 Å². The molecule has 0 saturated carbocycles. The maximum absolute atomic E-state index is 12.5. The van der Waals surface area contributed by atoms with Crippen molar-refractivity contribution < 1.29 is 28.5 Å². The van der Waals surface area contributed by atoms with E-state index in [1.54, 1.807) is 6.07 Å². The van der Waals surface area contributed by atoms with Gasteiger partial charge in [0.1, 0.15) is 22.9 Å². The third-order valence-electron chi connectivity index (χ3n) is 3.34. The van der Waals surface area contributed by atoms with Crippen LogP contribution in [-0.2, 0) is 0 Å². The van der Waals surface area contributed by atoms with E-state index < -0.39 is 12.6 Å². The fourth-order valence-electron chi connectivity index (χ4n) is 2.22. The molecular formula is C16H11F2N3O4. The van der Waals surface area contributed by atoms with Crippen LogP contribution in [0.1, 0.15) is 10.4 Å². The van der Waals surface area contributed by atoms with Gasteiger partial charge in [-0.05, 0) is 30.3 Å². The summed E-state index contributed by atoms with van der Waals surface area (Å²) in [6, 6.07) is 9.72. The van der Waals surface area contributed by atoms with Crippen LogP contribution in [0.4, 0.5) is 8.78 Å². The largest absolute Gasteiger partial charge is 0.506 e. The number of aromatic hydroxyl groups is 1. The molecule has 9 heteroatoms. The molecule has 0 bridgehead atoms. The third-order valence-corrected chi connectivity index (χ3v) is 3.34. The summed E-state index contributed by atoms with van der Waals surface area (Å²) in [5.41, 5.74) is 0.538. The lowest BCUT2D eigenvalue weighted by molar-refractivity contribution is -0.0494. The number of rotatable bonds is 5. The number of hydrogen-bond acceptors (Lipinski definition) is 5. The van der Waals surface area contributed by atoms with Gasteiger partial charge in [0.05, 0.1) is 11.8 Å². The summed E-state index contributed by atoms with van der Waals surface area (Å²) in [5.74, 6) is -1.45. The maximum atomic E-state index is 12.5. The number of aromatic nitrogens is 3. The van der Waals surface area contributed by atoms with Crippen molar-refractivity contribution in [2.45, 2.75) is 6.61 Å². The van der Waals surface area contributed by atoms with E-state index in [1.807, 2.05) is 0 Å². The molecule has 0 atom stereocenters. The zero-order valence-electron chi connectivity index (χ0n) is 12.5. The number of hydrogen-bond donors (Lipinski definition) is 2. The van der Waals surface area contributed by atoms with Crippen LogP contribution in [0, 0.1) is 0 Å². The van der Waals surface area contributed by atoms with Crippen molar-refractivity contribution in [1.29, 1.82) is 0 Å². The summed E-state index contributed by atoms with van der Waals surface area (Å²) in [5, 5.41) is 26.6. The van der Waals surface area contributed by atoms with E-state index in [0.717, 1.165) is 4.68 Å². The molecule has 3 aromatic rings. The van der Waals surface area contributed by atoms with E-state index in [4.69, 9.17) is 5.11 Å². The van der Waals surface area contributed by atoms with E-state index in [0.29, 0.717) is 0 Å². The topological polar surface area (TPSA) is 97.5 Å². The number of carboxylic acid groups (broad SMARTS) is 1. The fourth-order valence-corrected chi connectivity index (χ4v) is 2.22. The highest BCUT2D eigenvalue weighted by molar-refractivity contribution is 5.88. The molecule has 128 valence electrons. The van der Waals surface area contributed by atoms with Crippen molar-refractivity contribution >= 4 is 5.97 Å². The number of alkyl halides is 2. The zero-order valence-corrected chi connectivity index (χ0v) is 12.5. The molecule has 0 unspecified atom stereocenters. The molecule has 0 aliphatic heterocycles. The monoisotopic (exact) mass is 347 g/mol. The number of nitrogens with zero attached hydrogens (tertiary/aromatic N) is 3. The second kappa shape index (κ2) is 6.56. The Hall–Kier alpha value is -3.49. The van der Waals surface area contributed by atoms with Crippen LogP contribution in [0.25, 0.3) is 16.9 Å². The predicted octanol–water partition coefficient (Wildman–Crippen LogP) is 2.94. The Balaban J connectivity index is 2.02. The lowest BCUT2D eigenvalue weighted by atomic mass is 10.1. The molecule has 0 saturated heterocycles. The van der Waals surface area contributed by atoms with E-state index >= 15 is 0 Å². The van der Waals surface area contributed by atoms with E-state index in [9.17, 15) is 18.7 Å². The average molecular weight is 347 g/mol. The average Bonchev–Trinajstić information content (AvgIpc) is 3.04. The number of aromatic carboxylic acids is 1. The van der Waals surface area contributed by atoms with Gasteiger partial charge in [-0.2, -0.15) is 8.78 Å². The van der Waals surface area contributed by atoms with Gasteiger partial charge in [0.25, 0.3) is 0 Å². The Morgan fingerprint density at radius 2 is 1.96 bits per heavy atom. The lowest BCUT2D eigenvalue weighted by Crippen LogP contribution is -2.03. The zero-order chi connectivity index (χ0) is 18.0. The van der Waals surface area contributed by atoms with Crippen molar-refractivity contribution in [3.8, 4) is 28.4 Å². The van der Waals surface area contributed by atoms with Gasteiger partial charge in [0, 0.05) is 5.56 Å². The number of ether oxygens (including phenoxy) is 1. The van der Waals surface area contributed by atoms with Crippen LogP contribution >= 0.6 is 0 Å². The molecule has 0 amide bonds. The molecule has 0 spiro atoms. The van der Waals surface area contributed by atoms with Crippen LogP contribution in [0.2, 0.25) is 0 Å². The van der Waals surface area contributed by atoms with Crippen molar-refractivity contribution in [1.82, 2.24) is 15.0 Å². The van der Waals surface area contributed by atoms with Gasteiger partial charge in [-0.25, -0.2) is 9.48 Å². The molecule has 2 N–H and O–H groups in total. The molecule has 1 aromatic heterocycles. The molecule has 1 heterocycles. The van der Waals surface area contributed by atoms with Gasteiger partial charge in [0.15, 0.2) is 0 Å². The van der Waals surface area contributed by atoms with Crippen LogP contribution in [0.3, 0.4) is 0 Å². The Labute approximate surface area is 139 Å². The van der Waals surface area contributed by atoms with Gasteiger partial charge in [-0.1, -0.05) is 17.3 Å². The second-order valence-electron chi connectivity index (χ2n) is 4.93. The molecule has 0 aliphatic rings. The van der Waals surface area contributed by atoms with E-state index in [-0.39, 0.29) is 34.0 Å². The number of halogens is 2. The Morgan fingerprint density at radius 1 is 1.20 bits per heavy atom. The summed E-state index contributed by atoms with van der Waals surface area (Å²) in [6.07, 6.45) is 1.37. The number of phenolic OH excluding ortho intramolecular Hbond substituents is 1. The fraction of sp³-hybridized carbons (Fsp3) is 0.0625. The molecule has 2 aromatic carbocycles. The quantitative estimate of drug-likeness (QED) is 0.736. The minimum absolute atomic E-state index is 0.0497. The molecular weight excluding hydrogens is 336 g/mol. The standard InChI is InChI=1S/C16H11F2N3O4/c17-16(18)25-14-4-2-1-3-10(14)11-8-21(20-19-11)12-7-9(15(23)24)5-6-13(12)22/h1-8,16,22H,(H,23,24). The first-order chi connectivity index (χ1) is 12.0. The maximum Gasteiger partial charge on any atom is 0.387 e. The SMILES string of the molecule is O=C(O)c1ccc(O)c(-n2cc(-c3ccccc3OC(F)F)nn2)c1. The number of benzene rings is 2.